The van der Waals surface area contributed by atoms with E-state index in [1.165, 1.54) is 5.56 Å². The van der Waals surface area contributed by atoms with Crippen LogP contribution in [0.25, 0.3) is 0 Å². The maximum absolute atomic E-state index is 10.1. The van der Waals surface area contributed by atoms with Crippen LogP contribution in [-0.4, -0.2) is 5.11 Å². The van der Waals surface area contributed by atoms with Gasteiger partial charge in [0.2, 0.25) is 0 Å². The van der Waals surface area contributed by atoms with E-state index in [1.54, 1.807) is 0 Å². The van der Waals surface area contributed by atoms with Gasteiger partial charge in [-0.3, -0.25) is 0 Å². The van der Waals surface area contributed by atoms with Crippen molar-refractivity contribution in [3.63, 3.8) is 0 Å². The van der Waals surface area contributed by atoms with Crippen molar-refractivity contribution in [3.8, 4) is 0 Å². The van der Waals surface area contributed by atoms with Gasteiger partial charge in [-0.25, -0.2) is 0 Å². The van der Waals surface area contributed by atoms with Gasteiger partial charge < -0.3 is 5.11 Å². The van der Waals surface area contributed by atoms with Gasteiger partial charge >= 0.3 is 0 Å². The van der Waals surface area contributed by atoms with Crippen LogP contribution in [0.1, 0.15) is 30.9 Å². The minimum absolute atomic E-state index is 0.628. The highest BCUT2D eigenvalue weighted by molar-refractivity contribution is 9.10. The molecule has 0 spiro atoms. The molecule has 1 aliphatic rings. The summed E-state index contributed by atoms with van der Waals surface area (Å²) in [5, 5.41) is 10.1. The highest BCUT2D eigenvalue weighted by Crippen LogP contribution is 2.36. The van der Waals surface area contributed by atoms with Crippen molar-refractivity contribution in [3.05, 3.63) is 33.8 Å². The average molecular weight is 241 g/mol. The molecule has 1 aromatic carbocycles. The number of benzene rings is 1. The third-order valence-electron chi connectivity index (χ3n) is 2.76. The monoisotopic (exact) mass is 240 g/mol. The van der Waals surface area contributed by atoms with Crippen molar-refractivity contribution in [1.82, 2.24) is 0 Å². The minimum Gasteiger partial charge on any atom is -0.385 e. The van der Waals surface area contributed by atoms with Gasteiger partial charge in [0.25, 0.3) is 0 Å². The molecule has 2 heteroatoms. The van der Waals surface area contributed by atoms with Gasteiger partial charge in [0.15, 0.2) is 0 Å². The summed E-state index contributed by atoms with van der Waals surface area (Å²) in [5.74, 6) is 0. The predicted octanol–water partition coefficient (Wildman–Crippen LogP) is 2.99. The lowest BCUT2D eigenvalue weighted by atomic mass is 9.80. The van der Waals surface area contributed by atoms with Crippen LogP contribution in [0, 0.1) is 0 Å². The fourth-order valence-electron chi connectivity index (χ4n) is 2.03. The maximum Gasteiger partial charge on any atom is 0.0871 e. The predicted molar refractivity (Wildman–Crippen MR) is 56.7 cm³/mol. The zero-order valence-electron chi connectivity index (χ0n) is 7.68. The largest absolute Gasteiger partial charge is 0.385 e. The van der Waals surface area contributed by atoms with Crippen LogP contribution in [0.3, 0.4) is 0 Å². The quantitative estimate of drug-likeness (QED) is 0.740. The summed E-state index contributed by atoms with van der Waals surface area (Å²) in [5.41, 5.74) is 1.75. The van der Waals surface area contributed by atoms with Gasteiger partial charge in [0, 0.05) is 4.47 Å². The Morgan fingerprint density at radius 3 is 3.00 bits per heavy atom. The first-order valence-electron chi connectivity index (χ1n) is 4.61. The van der Waals surface area contributed by atoms with E-state index >= 15 is 0 Å². The fraction of sp³-hybridized carbons (Fsp3) is 0.455. The van der Waals surface area contributed by atoms with Gasteiger partial charge in [-0.15, -0.1) is 0 Å². The molecule has 2 rings (SSSR count). The Kier molecular flexibility index (Phi) is 2.20. The molecule has 1 unspecified atom stereocenters. The third kappa shape index (κ3) is 1.65. The van der Waals surface area contributed by atoms with Crippen molar-refractivity contribution in [1.29, 1.82) is 0 Å². The van der Waals surface area contributed by atoms with Gasteiger partial charge in [0.05, 0.1) is 5.60 Å². The van der Waals surface area contributed by atoms with E-state index in [0.717, 1.165) is 29.3 Å². The van der Waals surface area contributed by atoms with Crippen LogP contribution in [0.2, 0.25) is 0 Å². The summed E-state index contributed by atoms with van der Waals surface area (Å²) in [6.45, 7) is 1.90. The first-order valence-corrected chi connectivity index (χ1v) is 5.40. The highest BCUT2D eigenvalue weighted by atomic mass is 79.9. The molecule has 13 heavy (non-hydrogen) atoms. The molecule has 0 amide bonds. The van der Waals surface area contributed by atoms with Crippen molar-refractivity contribution in [2.75, 3.05) is 0 Å². The van der Waals surface area contributed by atoms with Gasteiger partial charge in [-0.1, -0.05) is 22.0 Å². The van der Waals surface area contributed by atoms with Crippen LogP contribution < -0.4 is 0 Å². The van der Waals surface area contributed by atoms with Crippen molar-refractivity contribution in [2.45, 2.75) is 31.8 Å². The molecule has 0 aromatic heterocycles. The zero-order chi connectivity index (χ0) is 9.47. The van der Waals surface area contributed by atoms with E-state index in [-0.39, 0.29) is 0 Å². The first kappa shape index (κ1) is 9.22. The second kappa shape index (κ2) is 3.10. The molecule has 0 radical (unpaired) electrons. The van der Waals surface area contributed by atoms with E-state index in [2.05, 4.69) is 22.0 Å². The van der Waals surface area contributed by atoms with E-state index in [1.807, 2.05) is 19.1 Å². The van der Waals surface area contributed by atoms with Crippen LogP contribution in [0.15, 0.2) is 22.7 Å². The SMILES string of the molecule is CC1(O)CCCc2ccc(Br)cc21. The van der Waals surface area contributed by atoms with Crippen molar-refractivity contribution < 1.29 is 5.11 Å². The smallest absolute Gasteiger partial charge is 0.0871 e. The normalized spacial score (nSPS) is 27.0. The van der Waals surface area contributed by atoms with Gasteiger partial charge in [0.1, 0.15) is 0 Å². The summed E-state index contributed by atoms with van der Waals surface area (Å²) in [4.78, 5) is 0. The van der Waals surface area contributed by atoms with Crippen molar-refractivity contribution >= 4 is 15.9 Å². The lowest BCUT2D eigenvalue weighted by molar-refractivity contribution is 0.0386. The summed E-state index contributed by atoms with van der Waals surface area (Å²) < 4.78 is 1.05. The van der Waals surface area contributed by atoms with Crippen LogP contribution >= 0.6 is 15.9 Å². The van der Waals surface area contributed by atoms with Crippen LogP contribution in [0.5, 0.6) is 0 Å². The fourth-order valence-corrected chi connectivity index (χ4v) is 2.39. The molecule has 0 saturated carbocycles. The van der Waals surface area contributed by atoms with Gasteiger partial charge in [-0.2, -0.15) is 0 Å². The molecular formula is C11H13BrO. The standard InChI is InChI=1S/C11H13BrO/c1-11(13)6-2-3-8-4-5-9(12)7-10(8)11/h4-5,7,13H,2-3,6H2,1H3. The molecule has 0 heterocycles. The Morgan fingerprint density at radius 2 is 2.23 bits per heavy atom. The molecule has 0 aliphatic heterocycles. The Morgan fingerprint density at radius 1 is 1.46 bits per heavy atom. The molecule has 70 valence electrons. The Hall–Kier alpha value is -0.340. The van der Waals surface area contributed by atoms with E-state index < -0.39 is 5.60 Å². The summed E-state index contributed by atoms with van der Waals surface area (Å²) >= 11 is 3.43. The number of fused-ring (bicyclic) bond motifs is 1. The number of aliphatic hydroxyl groups is 1. The van der Waals surface area contributed by atoms with Crippen molar-refractivity contribution in [2.24, 2.45) is 0 Å². The molecular weight excluding hydrogens is 228 g/mol. The number of hydrogen-bond donors (Lipinski definition) is 1. The first-order chi connectivity index (χ1) is 6.09. The lowest BCUT2D eigenvalue weighted by Gasteiger charge is -2.31. The minimum atomic E-state index is -0.628. The maximum atomic E-state index is 10.1. The third-order valence-corrected chi connectivity index (χ3v) is 3.26. The van der Waals surface area contributed by atoms with E-state index in [9.17, 15) is 5.11 Å². The van der Waals surface area contributed by atoms with Crippen LogP contribution in [0.4, 0.5) is 0 Å². The molecule has 0 bridgehead atoms. The molecule has 0 saturated heterocycles. The Balaban J connectivity index is 2.55. The average Bonchev–Trinajstić information content (AvgIpc) is 2.06. The summed E-state index contributed by atoms with van der Waals surface area (Å²) in [7, 11) is 0. The van der Waals surface area contributed by atoms with Gasteiger partial charge in [-0.05, 0) is 49.4 Å². The zero-order valence-corrected chi connectivity index (χ0v) is 9.26. The molecule has 1 atom stereocenters. The molecule has 1 aromatic rings. The van der Waals surface area contributed by atoms with Crippen LogP contribution in [-0.2, 0) is 12.0 Å². The second-order valence-corrected chi connectivity index (χ2v) is 4.84. The second-order valence-electron chi connectivity index (χ2n) is 3.93. The Labute approximate surface area is 86.9 Å². The number of rotatable bonds is 0. The Bertz CT molecular complexity index is 331. The number of aryl methyl sites for hydroxylation is 1. The summed E-state index contributed by atoms with van der Waals surface area (Å²) in [6, 6.07) is 6.18. The molecule has 0 fully saturated rings. The lowest BCUT2D eigenvalue weighted by Crippen LogP contribution is -2.26. The number of halogens is 1. The number of hydrogen-bond acceptors (Lipinski definition) is 1. The molecule has 1 nitrogen and oxygen atoms in total. The highest BCUT2D eigenvalue weighted by Gasteiger charge is 2.29. The summed E-state index contributed by atoms with van der Waals surface area (Å²) in [6.07, 6.45) is 3.05. The molecule has 1 N–H and O–H groups in total. The molecule has 1 aliphatic carbocycles. The van der Waals surface area contributed by atoms with E-state index in [4.69, 9.17) is 0 Å². The van der Waals surface area contributed by atoms with E-state index in [0.29, 0.717) is 0 Å². The topological polar surface area (TPSA) is 20.2 Å².